The summed E-state index contributed by atoms with van der Waals surface area (Å²) in [4.78, 5) is 15.2. The predicted octanol–water partition coefficient (Wildman–Crippen LogP) is 6.99. The third-order valence-electron chi connectivity index (χ3n) is 5.26. The molecule has 9 heteroatoms. The first-order valence-corrected chi connectivity index (χ1v) is 12.5. The molecule has 0 aliphatic carbocycles. The number of carbonyl (C=O) groups excluding carboxylic acids is 1. The molecule has 0 saturated carbocycles. The van der Waals surface area contributed by atoms with Gasteiger partial charge in [0.1, 0.15) is 16.7 Å². The van der Waals surface area contributed by atoms with Crippen molar-refractivity contribution in [3.63, 3.8) is 0 Å². The van der Waals surface area contributed by atoms with Gasteiger partial charge in [0.2, 0.25) is 0 Å². The summed E-state index contributed by atoms with van der Waals surface area (Å²) in [7, 11) is 3.18. The average Bonchev–Trinajstić information content (AvgIpc) is 3.11. The van der Waals surface area contributed by atoms with Gasteiger partial charge in [-0.25, -0.2) is 0 Å². The maximum absolute atomic E-state index is 13.0. The van der Waals surface area contributed by atoms with Crippen molar-refractivity contribution in [2.24, 2.45) is 0 Å². The minimum absolute atomic E-state index is 0.132. The number of thiocarbonyl (C=S) groups is 1. The van der Waals surface area contributed by atoms with Gasteiger partial charge in [0, 0.05) is 15.6 Å². The van der Waals surface area contributed by atoms with Crippen LogP contribution in [0, 0.1) is 0 Å². The van der Waals surface area contributed by atoms with Crippen LogP contribution in [-0.4, -0.2) is 29.3 Å². The van der Waals surface area contributed by atoms with Gasteiger partial charge >= 0.3 is 0 Å². The van der Waals surface area contributed by atoms with Gasteiger partial charge in [-0.1, -0.05) is 71.4 Å². The zero-order chi connectivity index (χ0) is 24.9. The molecule has 0 spiro atoms. The van der Waals surface area contributed by atoms with E-state index in [1.54, 1.807) is 43.4 Å². The molecule has 1 heterocycles. The third-order valence-corrected chi connectivity index (χ3v) is 7.22. The second kappa shape index (κ2) is 11.4. The lowest BCUT2D eigenvalue weighted by Crippen LogP contribution is -2.27. The van der Waals surface area contributed by atoms with Crippen LogP contribution in [0.3, 0.4) is 0 Å². The van der Waals surface area contributed by atoms with E-state index in [4.69, 9.17) is 49.6 Å². The highest BCUT2D eigenvalue weighted by molar-refractivity contribution is 8.26. The van der Waals surface area contributed by atoms with E-state index < -0.39 is 0 Å². The summed E-state index contributed by atoms with van der Waals surface area (Å²) in [6, 6.07) is 18.3. The molecule has 1 aliphatic rings. The minimum atomic E-state index is -0.132. The summed E-state index contributed by atoms with van der Waals surface area (Å²) in [6.07, 6.45) is 1.80. The standard InChI is InChI=1S/C26H21Cl2NO4S2/c1-31-20-8-3-16(4-9-20)14-29-25(30)24(35-26(29)34)12-17-5-10-22(23(11-17)32-2)33-15-18-6-7-19(27)13-21(18)28/h3-13H,14-15H2,1-2H3/b24-12-. The molecule has 1 fully saturated rings. The number of ether oxygens (including phenoxy) is 3. The molecule has 3 aromatic rings. The molecule has 3 aromatic carbocycles. The molecule has 35 heavy (non-hydrogen) atoms. The highest BCUT2D eigenvalue weighted by atomic mass is 35.5. The Balaban J connectivity index is 1.47. The Hall–Kier alpha value is -2.71. The van der Waals surface area contributed by atoms with E-state index in [2.05, 4.69) is 0 Å². The van der Waals surface area contributed by atoms with E-state index in [0.29, 0.717) is 37.3 Å². The topological polar surface area (TPSA) is 48.0 Å². The number of rotatable bonds is 8. The molecule has 0 N–H and O–H groups in total. The van der Waals surface area contributed by atoms with Crippen LogP contribution in [-0.2, 0) is 17.9 Å². The lowest BCUT2D eigenvalue weighted by molar-refractivity contribution is -0.122. The quantitative estimate of drug-likeness (QED) is 0.224. The summed E-state index contributed by atoms with van der Waals surface area (Å²) < 4.78 is 17.1. The van der Waals surface area contributed by atoms with Crippen LogP contribution >= 0.6 is 47.2 Å². The SMILES string of the molecule is COc1ccc(CN2C(=O)/C(=C/c3ccc(OCc4ccc(Cl)cc4Cl)c(OC)c3)SC2=S)cc1. The van der Waals surface area contributed by atoms with E-state index in [1.165, 1.54) is 11.8 Å². The number of halogens is 2. The van der Waals surface area contributed by atoms with E-state index >= 15 is 0 Å². The summed E-state index contributed by atoms with van der Waals surface area (Å²) in [5.74, 6) is 1.73. The lowest BCUT2D eigenvalue weighted by Gasteiger charge is -2.14. The van der Waals surface area contributed by atoms with E-state index in [-0.39, 0.29) is 12.5 Å². The fourth-order valence-corrected chi connectivity index (χ4v) is 5.11. The summed E-state index contributed by atoms with van der Waals surface area (Å²) in [5.41, 5.74) is 2.57. The van der Waals surface area contributed by atoms with Crippen LogP contribution < -0.4 is 14.2 Å². The second-order valence-electron chi connectivity index (χ2n) is 7.55. The zero-order valence-electron chi connectivity index (χ0n) is 18.9. The van der Waals surface area contributed by atoms with Crippen molar-refractivity contribution in [3.05, 3.63) is 92.3 Å². The Morgan fingerprint density at radius 1 is 0.971 bits per heavy atom. The van der Waals surface area contributed by atoms with Gasteiger partial charge in [0.05, 0.1) is 25.7 Å². The third kappa shape index (κ3) is 6.11. The van der Waals surface area contributed by atoms with Gasteiger partial charge in [-0.2, -0.15) is 0 Å². The lowest BCUT2D eigenvalue weighted by atomic mass is 10.1. The molecule has 1 amide bonds. The van der Waals surface area contributed by atoms with Crippen molar-refractivity contribution in [1.29, 1.82) is 0 Å². The van der Waals surface area contributed by atoms with Crippen LogP contribution in [0.5, 0.6) is 17.2 Å². The van der Waals surface area contributed by atoms with Crippen molar-refractivity contribution >= 4 is 63.5 Å². The Morgan fingerprint density at radius 3 is 2.43 bits per heavy atom. The summed E-state index contributed by atoms with van der Waals surface area (Å²) in [5, 5.41) is 1.10. The molecule has 0 radical (unpaired) electrons. The molecule has 5 nitrogen and oxygen atoms in total. The molecule has 0 unspecified atom stereocenters. The molecule has 180 valence electrons. The van der Waals surface area contributed by atoms with Crippen molar-refractivity contribution in [3.8, 4) is 17.2 Å². The molecule has 1 aliphatic heterocycles. The largest absolute Gasteiger partial charge is 0.497 e. The van der Waals surface area contributed by atoms with Crippen LogP contribution in [0.25, 0.3) is 6.08 Å². The summed E-state index contributed by atoms with van der Waals surface area (Å²) >= 11 is 18.9. The first kappa shape index (κ1) is 25.4. The number of amides is 1. The van der Waals surface area contributed by atoms with Gasteiger partial charge in [-0.3, -0.25) is 9.69 Å². The number of thioether (sulfide) groups is 1. The van der Waals surface area contributed by atoms with Crippen molar-refractivity contribution in [2.45, 2.75) is 13.2 Å². The molecular weight excluding hydrogens is 525 g/mol. The van der Waals surface area contributed by atoms with Crippen LogP contribution in [0.2, 0.25) is 10.0 Å². The summed E-state index contributed by atoms with van der Waals surface area (Å²) in [6.45, 7) is 0.658. The maximum atomic E-state index is 13.0. The van der Waals surface area contributed by atoms with Crippen LogP contribution in [0.1, 0.15) is 16.7 Å². The second-order valence-corrected chi connectivity index (χ2v) is 10.1. The van der Waals surface area contributed by atoms with Crippen LogP contribution in [0.4, 0.5) is 0 Å². The minimum Gasteiger partial charge on any atom is -0.497 e. The Bertz CT molecular complexity index is 1300. The van der Waals surface area contributed by atoms with Crippen molar-refractivity contribution in [1.82, 2.24) is 4.90 Å². The molecule has 4 rings (SSSR count). The first-order valence-electron chi connectivity index (χ1n) is 10.5. The zero-order valence-corrected chi connectivity index (χ0v) is 22.1. The Morgan fingerprint density at radius 2 is 1.74 bits per heavy atom. The fraction of sp³-hybridized carbons (Fsp3) is 0.154. The monoisotopic (exact) mass is 545 g/mol. The van der Waals surface area contributed by atoms with E-state index in [9.17, 15) is 4.79 Å². The highest BCUT2D eigenvalue weighted by Crippen LogP contribution is 2.36. The van der Waals surface area contributed by atoms with Crippen molar-refractivity contribution in [2.75, 3.05) is 14.2 Å². The Labute approximate surface area is 223 Å². The number of benzene rings is 3. The molecule has 0 aromatic heterocycles. The molecule has 0 atom stereocenters. The number of nitrogens with zero attached hydrogens (tertiary/aromatic N) is 1. The number of hydrogen-bond donors (Lipinski definition) is 0. The van der Waals surface area contributed by atoms with Crippen LogP contribution in [0.15, 0.2) is 65.6 Å². The van der Waals surface area contributed by atoms with Gasteiger partial charge in [-0.05, 0) is 53.6 Å². The predicted molar refractivity (Wildman–Crippen MR) is 145 cm³/mol. The first-order chi connectivity index (χ1) is 16.9. The van der Waals surface area contributed by atoms with E-state index in [1.807, 2.05) is 42.5 Å². The average molecular weight is 546 g/mol. The maximum Gasteiger partial charge on any atom is 0.266 e. The molecule has 0 bridgehead atoms. The van der Waals surface area contributed by atoms with Gasteiger partial charge in [-0.15, -0.1) is 0 Å². The number of methoxy groups -OCH3 is 2. The highest BCUT2D eigenvalue weighted by Gasteiger charge is 2.32. The smallest absolute Gasteiger partial charge is 0.266 e. The Kier molecular flexibility index (Phi) is 8.23. The van der Waals surface area contributed by atoms with Gasteiger partial charge in [0.25, 0.3) is 5.91 Å². The fourth-order valence-electron chi connectivity index (χ4n) is 3.39. The van der Waals surface area contributed by atoms with E-state index in [0.717, 1.165) is 22.4 Å². The van der Waals surface area contributed by atoms with Gasteiger partial charge < -0.3 is 14.2 Å². The molecule has 1 saturated heterocycles. The van der Waals surface area contributed by atoms with Crippen molar-refractivity contribution < 1.29 is 19.0 Å². The number of hydrogen-bond acceptors (Lipinski definition) is 6. The number of carbonyl (C=O) groups is 1. The normalized spacial score (nSPS) is 14.5. The van der Waals surface area contributed by atoms with Gasteiger partial charge in [0.15, 0.2) is 11.5 Å². The molecular formula is C26H21Cl2NO4S2.